The number of hydrogen-bond acceptors (Lipinski definition) is 6. The first-order valence-electron chi connectivity index (χ1n) is 8.31. The molecule has 0 saturated carbocycles. The molecule has 1 atom stereocenters. The highest BCUT2D eigenvalue weighted by Gasteiger charge is 2.27. The Morgan fingerprint density at radius 1 is 1.27 bits per heavy atom. The molecule has 2 N–H and O–H groups in total. The Kier molecular flexibility index (Phi) is 3.65. The summed E-state index contributed by atoms with van der Waals surface area (Å²) in [6.45, 7) is 1.38. The van der Waals surface area contributed by atoms with Crippen LogP contribution in [0.15, 0.2) is 41.8 Å². The Morgan fingerprint density at radius 3 is 3.08 bits per heavy atom. The fourth-order valence-corrected chi connectivity index (χ4v) is 3.84. The van der Waals surface area contributed by atoms with E-state index in [-0.39, 0.29) is 18.9 Å². The van der Waals surface area contributed by atoms with Crippen LogP contribution in [-0.2, 0) is 6.54 Å². The molecule has 5 rings (SSSR count). The molecule has 26 heavy (non-hydrogen) atoms. The van der Waals surface area contributed by atoms with Gasteiger partial charge in [0, 0.05) is 6.54 Å². The minimum Gasteiger partial charge on any atom is -0.454 e. The first-order chi connectivity index (χ1) is 12.8. The summed E-state index contributed by atoms with van der Waals surface area (Å²) < 4.78 is 12.5. The summed E-state index contributed by atoms with van der Waals surface area (Å²) in [5, 5.41) is 13.0. The summed E-state index contributed by atoms with van der Waals surface area (Å²) in [6.07, 6.45) is -0.109. The number of aromatic nitrogens is 2. The molecule has 0 spiro atoms. The number of thiophene rings is 1. The van der Waals surface area contributed by atoms with Gasteiger partial charge in [0.05, 0.1) is 11.4 Å². The molecule has 1 aromatic carbocycles. The van der Waals surface area contributed by atoms with Crippen molar-refractivity contribution in [3.63, 3.8) is 0 Å². The van der Waals surface area contributed by atoms with Crippen molar-refractivity contribution in [2.24, 2.45) is 0 Å². The van der Waals surface area contributed by atoms with Crippen LogP contribution in [0.25, 0.3) is 10.6 Å². The molecular formula is C18H16N4O3S. The highest BCUT2D eigenvalue weighted by atomic mass is 32.1. The van der Waals surface area contributed by atoms with Gasteiger partial charge in [0.2, 0.25) is 6.79 Å². The molecule has 8 heteroatoms. The minimum atomic E-state index is -0.109. The Balaban J connectivity index is 1.37. The zero-order valence-electron chi connectivity index (χ0n) is 13.8. The monoisotopic (exact) mass is 368 g/mol. The van der Waals surface area contributed by atoms with Gasteiger partial charge in [0.25, 0.3) is 5.91 Å². The van der Waals surface area contributed by atoms with Gasteiger partial charge < -0.3 is 14.8 Å². The predicted octanol–water partition coefficient (Wildman–Crippen LogP) is 2.37. The van der Waals surface area contributed by atoms with Crippen molar-refractivity contribution in [1.29, 1.82) is 0 Å². The Labute approximate surface area is 153 Å². The number of nitrogens with zero attached hydrogens (tertiary/aromatic N) is 2. The molecule has 1 amide bonds. The zero-order chi connectivity index (χ0) is 17.5. The van der Waals surface area contributed by atoms with Gasteiger partial charge in [-0.05, 0) is 35.2 Å². The maximum absolute atomic E-state index is 12.2. The van der Waals surface area contributed by atoms with Crippen molar-refractivity contribution in [3.05, 3.63) is 53.0 Å². The maximum Gasteiger partial charge on any atom is 0.269 e. The van der Waals surface area contributed by atoms with Crippen molar-refractivity contribution < 1.29 is 14.3 Å². The quantitative estimate of drug-likeness (QED) is 0.739. The Morgan fingerprint density at radius 2 is 2.19 bits per heavy atom. The van der Waals surface area contributed by atoms with Gasteiger partial charge in [-0.3, -0.25) is 10.1 Å². The summed E-state index contributed by atoms with van der Waals surface area (Å²) in [5.74, 6) is 1.44. The number of ether oxygens (including phenoxy) is 2. The van der Waals surface area contributed by atoms with E-state index in [1.165, 1.54) is 0 Å². The van der Waals surface area contributed by atoms with E-state index in [1.807, 2.05) is 41.8 Å². The normalized spacial score (nSPS) is 17.8. The number of hydrogen-bond donors (Lipinski definition) is 2. The average molecular weight is 368 g/mol. The van der Waals surface area contributed by atoms with Gasteiger partial charge in [-0.25, -0.2) is 4.68 Å². The lowest BCUT2D eigenvalue weighted by Crippen LogP contribution is -2.45. The SMILES string of the molecule is O=C1NCC(NCc2ccc3c(c2)OCO3)n2nc(-c3cccs3)cc21. The number of benzene rings is 1. The van der Waals surface area contributed by atoms with Crippen molar-refractivity contribution in [2.45, 2.75) is 12.7 Å². The molecule has 132 valence electrons. The lowest BCUT2D eigenvalue weighted by atomic mass is 10.2. The molecule has 2 aromatic heterocycles. The smallest absolute Gasteiger partial charge is 0.269 e. The molecule has 2 aliphatic heterocycles. The largest absolute Gasteiger partial charge is 0.454 e. The van der Waals surface area contributed by atoms with Crippen molar-refractivity contribution in [2.75, 3.05) is 13.3 Å². The highest BCUT2D eigenvalue weighted by molar-refractivity contribution is 7.13. The first kappa shape index (κ1) is 15.4. The van der Waals surface area contributed by atoms with Crippen LogP contribution >= 0.6 is 11.3 Å². The van der Waals surface area contributed by atoms with Crippen LogP contribution in [0.4, 0.5) is 0 Å². The van der Waals surface area contributed by atoms with Gasteiger partial charge in [0.15, 0.2) is 11.5 Å². The van der Waals surface area contributed by atoms with E-state index in [0.29, 0.717) is 18.8 Å². The van der Waals surface area contributed by atoms with Crippen LogP contribution in [0.1, 0.15) is 22.2 Å². The fraction of sp³-hybridized carbons (Fsp3) is 0.222. The molecule has 4 heterocycles. The third-order valence-electron chi connectivity index (χ3n) is 4.47. The topological polar surface area (TPSA) is 77.4 Å². The molecule has 0 fully saturated rings. The van der Waals surface area contributed by atoms with Gasteiger partial charge >= 0.3 is 0 Å². The van der Waals surface area contributed by atoms with Crippen LogP contribution in [0.3, 0.4) is 0 Å². The van der Waals surface area contributed by atoms with E-state index in [9.17, 15) is 4.79 Å². The van der Waals surface area contributed by atoms with Crippen molar-refractivity contribution >= 4 is 17.2 Å². The second-order valence-corrected chi connectivity index (χ2v) is 7.08. The van der Waals surface area contributed by atoms with Crippen molar-refractivity contribution in [1.82, 2.24) is 20.4 Å². The van der Waals surface area contributed by atoms with Crippen LogP contribution in [0, 0.1) is 0 Å². The summed E-state index contributed by atoms with van der Waals surface area (Å²) in [6, 6.07) is 11.7. The lowest BCUT2D eigenvalue weighted by molar-refractivity contribution is 0.0900. The third-order valence-corrected chi connectivity index (χ3v) is 5.36. The van der Waals surface area contributed by atoms with Crippen LogP contribution in [-0.4, -0.2) is 29.0 Å². The van der Waals surface area contributed by atoms with Crippen LogP contribution in [0.2, 0.25) is 0 Å². The second-order valence-electron chi connectivity index (χ2n) is 6.13. The van der Waals surface area contributed by atoms with Gasteiger partial charge in [-0.2, -0.15) is 5.10 Å². The van der Waals surface area contributed by atoms with Crippen LogP contribution in [0.5, 0.6) is 11.5 Å². The number of nitrogens with one attached hydrogen (secondary N) is 2. The standard InChI is InChI=1S/C18H16N4O3S/c23-18-13-7-12(16-2-1-5-26-16)21-22(13)17(9-20-18)19-8-11-3-4-14-15(6-11)25-10-24-14/h1-7,17,19H,8-10H2,(H,20,23). The molecule has 1 unspecified atom stereocenters. The Bertz CT molecular complexity index is 967. The van der Waals surface area contributed by atoms with Crippen LogP contribution < -0.4 is 20.1 Å². The number of carbonyl (C=O) groups excluding carboxylic acids is 1. The van der Waals surface area contributed by atoms with E-state index in [0.717, 1.165) is 27.6 Å². The number of rotatable bonds is 4. The van der Waals surface area contributed by atoms with E-state index < -0.39 is 0 Å². The number of fused-ring (bicyclic) bond motifs is 2. The predicted molar refractivity (Wildman–Crippen MR) is 96.3 cm³/mol. The molecule has 0 saturated heterocycles. The molecule has 3 aromatic rings. The van der Waals surface area contributed by atoms with Gasteiger partial charge in [0.1, 0.15) is 17.6 Å². The molecule has 7 nitrogen and oxygen atoms in total. The third kappa shape index (κ3) is 2.63. The first-order valence-corrected chi connectivity index (χ1v) is 9.19. The molecule has 2 aliphatic rings. The average Bonchev–Trinajstić information content (AvgIpc) is 3.39. The Hall–Kier alpha value is -2.84. The van der Waals surface area contributed by atoms with Gasteiger partial charge in [-0.1, -0.05) is 12.1 Å². The molecule has 0 bridgehead atoms. The highest BCUT2D eigenvalue weighted by Crippen LogP contribution is 2.32. The molecular weight excluding hydrogens is 352 g/mol. The minimum absolute atomic E-state index is 0.0959. The van der Waals surface area contributed by atoms with Crippen molar-refractivity contribution in [3.8, 4) is 22.1 Å². The summed E-state index contributed by atoms with van der Waals surface area (Å²) >= 11 is 1.61. The molecule has 0 aliphatic carbocycles. The number of amides is 1. The fourth-order valence-electron chi connectivity index (χ4n) is 3.16. The van der Waals surface area contributed by atoms with E-state index in [4.69, 9.17) is 9.47 Å². The second kappa shape index (κ2) is 6.15. The summed E-state index contributed by atoms with van der Waals surface area (Å²) in [4.78, 5) is 13.2. The number of carbonyl (C=O) groups is 1. The maximum atomic E-state index is 12.2. The summed E-state index contributed by atoms with van der Waals surface area (Å²) in [5.41, 5.74) is 2.48. The van der Waals surface area contributed by atoms with E-state index in [2.05, 4.69) is 15.7 Å². The summed E-state index contributed by atoms with van der Waals surface area (Å²) in [7, 11) is 0. The van der Waals surface area contributed by atoms with E-state index in [1.54, 1.807) is 16.0 Å². The van der Waals surface area contributed by atoms with Gasteiger partial charge in [-0.15, -0.1) is 11.3 Å². The van der Waals surface area contributed by atoms with E-state index >= 15 is 0 Å². The lowest BCUT2D eigenvalue weighted by Gasteiger charge is -2.25. The zero-order valence-corrected chi connectivity index (χ0v) is 14.6. The molecule has 0 radical (unpaired) electrons.